The SMILES string of the molecule is O=C(Cn1c(-c2ccccc2)nc2sc3c(c2c1=O)CCCC3)NCCc1ccccc1. The predicted octanol–water partition coefficient (Wildman–Crippen LogP) is 4.36. The third kappa shape index (κ3) is 4.10. The summed E-state index contributed by atoms with van der Waals surface area (Å²) < 4.78 is 1.55. The average molecular weight is 444 g/mol. The fraction of sp³-hybridized carbons (Fsp3) is 0.269. The highest BCUT2D eigenvalue weighted by molar-refractivity contribution is 7.18. The van der Waals surface area contributed by atoms with Gasteiger partial charge < -0.3 is 5.32 Å². The molecule has 2 aromatic carbocycles. The molecule has 0 bridgehead atoms. The van der Waals surface area contributed by atoms with E-state index in [1.165, 1.54) is 10.4 Å². The molecule has 1 aliphatic rings. The van der Waals surface area contributed by atoms with Crippen LogP contribution in [0.1, 0.15) is 28.8 Å². The van der Waals surface area contributed by atoms with Gasteiger partial charge in [-0.15, -0.1) is 11.3 Å². The van der Waals surface area contributed by atoms with Gasteiger partial charge in [-0.1, -0.05) is 60.7 Å². The van der Waals surface area contributed by atoms with Gasteiger partial charge in [-0.2, -0.15) is 0 Å². The van der Waals surface area contributed by atoms with E-state index in [9.17, 15) is 9.59 Å². The zero-order valence-corrected chi connectivity index (χ0v) is 18.7. The Morgan fingerprint density at radius 2 is 1.72 bits per heavy atom. The summed E-state index contributed by atoms with van der Waals surface area (Å²) in [5, 5.41) is 3.68. The van der Waals surface area contributed by atoms with Crippen molar-refractivity contribution in [2.75, 3.05) is 6.54 Å². The first-order chi connectivity index (χ1) is 15.7. The normalized spacial score (nSPS) is 13.1. The van der Waals surface area contributed by atoms with E-state index in [4.69, 9.17) is 4.98 Å². The number of carbonyl (C=O) groups is 1. The van der Waals surface area contributed by atoms with Crippen LogP contribution < -0.4 is 10.9 Å². The molecule has 32 heavy (non-hydrogen) atoms. The summed E-state index contributed by atoms with van der Waals surface area (Å²) in [6, 6.07) is 19.7. The Morgan fingerprint density at radius 3 is 2.50 bits per heavy atom. The van der Waals surface area contributed by atoms with Crippen molar-refractivity contribution in [3.05, 3.63) is 87.0 Å². The van der Waals surface area contributed by atoms with E-state index in [1.54, 1.807) is 15.9 Å². The summed E-state index contributed by atoms with van der Waals surface area (Å²) >= 11 is 1.64. The molecular formula is C26H25N3O2S. The number of amides is 1. The van der Waals surface area contributed by atoms with Gasteiger partial charge in [0.05, 0.1) is 5.39 Å². The highest BCUT2D eigenvalue weighted by Gasteiger charge is 2.23. The highest BCUT2D eigenvalue weighted by atomic mass is 32.1. The molecule has 1 aliphatic carbocycles. The van der Waals surface area contributed by atoms with Crippen LogP contribution in [0.25, 0.3) is 21.6 Å². The second-order valence-corrected chi connectivity index (χ2v) is 9.25. The van der Waals surface area contributed by atoms with Crippen molar-refractivity contribution in [2.45, 2.75) is 38.6 Å². The van der Waals surface area contributed by atoms with Crippen LogP contribution in [-0.2, 0) is 30.6 Å². The maximum absolute atomic E-state index is 13.6. The summed E-state index contributed by atoms with van der Waals surface area (Å²) in [7, 11) is 0. The van der Waals surface area contributed by atoms with E-state index >= 15 is 0 Å². The number of thiophene rings is 1. The Kier molecular flexibility index (Phi) is 5.86. The van der Waals surface area contributed by atoms with Crippen LogP contribution >= 0.6 is 11.3 Å². The number of aromatic nitrogens is 2. The van der Waals surface area contributed by atoms with Crippen LogP contribution in [0.3, 0.4) is 0 Å². The summed E-state index contributed by atoms with van der Waals surface area (Å²) in [4.78, 5) is 33.4. The van der Waals surface area contributed by atoms with E-state index in [2.05, 4.69) is 5.32 Å². The number of nitrogens with zero attached hydrogens (tertiary/aromatic N) is 2. The molecular weight excluding hydrogens is 418 g/mol. The fourth-order valence-corrected chi connectivity index (χ4v) is 5.64. The van der Waals surface area contributed by atoms with Crippen LogP contribution in [0.5, 0.6) is 0 Å². The van der Waals surface area contributed by atoms with Gasteiger partial charge in [-0.25, -0.2) is 4.98 Å². The second-order valence-electron chi connectivity index (χ2n) is 8.17. The Morgan fingerprint density at radius 1 is 1.00 bits per heavy atom. The number of benzene rings is 2. The predicted molar refractivity (Wildman–Crippen MR) is 129 cm³/mol. The number of carbonyl (C=O) groups excluding carboxylic acids is 1. The molecule has 1 amide bonds. The number of hydrogen-bond acceptors (Lipinski definition) is 4. The maximum Gasteiger partial charge on any atom is 0.263 e. The fourth-order valence-electron chi connectivity index (χ4n) is 4.38. The number of fused-ring (bicyclic) bond motifs is 3. The van der Waals surface area contributed by atoms with Crippen molar-refractivity contribution < 1.29 is 4.79 Å². The van der Waals surface area contributed by atoms with E-state index in [1.807, 2.05) is 60.7 Å². The van der Waals surface area contributed by atoms with E-state index < -0.39 is 0 Å². The number of nitrogens with one attached hydrogen (secondary N) is 1. The van der Waals surface area contributed by atoms with Crippen molar-refractivity contribution in [2.24, 2.45) is 0 Å². The largest absolute Gasteiger partial charge is 0.354 e. The third-order valence-corrected chi connectivity index (χ3v) is 7.17. The van der Waals surface area contributed by atoms with Gasteiger partial charge in [0.15, 0.2) is 0 Å². The van der Waals surface area contributed by atoms with Gasteiger partial charge in [-0.3, -0.25) is 14.2 Å². The number of rotatable bonds is 6. The molecule has 5 rings (SSSR count). The Hall–Kier alpha value is -3.25. The van der Waals surface area contributed by atoms with Gasteiger partial charge in [0, 0.05) is 17.0 Å². The van der Waals surface area contributed by atoms with Crippen molar-refractivity contribution in [3.8, 4) is 11.4 Å². The van der Waals surface area contributed by atoms with Gasteiger partial charge in [0.25, 0.3) is 5.56 Å². The molecule has 0 fully saturated rings. The van der Waals surface area contributed by atoms with Crippen LogP contribution in [0.15, 0.2) is 65.5 Å². The summed E-state index contributed by atoms with van der Waals surface area (Å²) in [5.41, 5.74) is 3.05. The first-order valence-corrected chi connectivity index (χ1v) is 11.9. The molecule has 0 radical (unpaired) electrons. The highest BCUT2D eigenvalue weighted by Crippen LogP contribution is 2.34. The minimum atomic E-state index is -0.176. The molecule has 5 nitrogen and oxygen atoms in total. The van der Waals surface area contributed by atoms with E-state index in [0.29, 0.717) is 17.8 Å². The standard InChI is InChI=1S/C26H25N3O2S/c30-22(27-16-15-18-9-3-1-4-10-18)17-29-24(19-11-5-2-6-12-19)28-25-23(26(29)31)20-13-7-8-14-21(20)32-25/h1-6,9-12H,7-8,13-17H2,(H,27,30). The molecule has 0 aliphatic heterocycles. The number of aryl methyl sites for hydroxylation is 2. The minimum Gasteiger partial charge on any atom is -0.354 e. The molecule has 1 N–H and O–H groups in total. The molecule has 2 aromatic heterocycles. The lowest BCUT2D eigenvalue weighted by Gasteiger charge is -2.14. The first-order valence-electron chi connectivity index (χ1n) is 11.1. The van der Waals surface area contributed by atoms with Crippen LogP contribution in [-0.4, -0.2) is 22.0 Å². The lowest BCUT2D eigenvalue weighted by Crippen LogP contribution is -2.34. The molecule has 0 saturated carbocycles. The molecule has 0 atom stereocenters. The molecule has 4 aromatic rings. The van der Waals surface area contributed by atoms with Crippen molar-refractivity contribution >= 4 is 27.5 Å². The molecule has 0 unspecified atom stereocenters. The van der Waals surface area contributed by atoms with Crippen molar-refractivity contribution in [1.29, 1.82) is 0 Å². The number of hydrogen-bond donors (Lipinski definition) is 1. The van der Waals surface area contributed by atoms with E-state index in [0.717, 1.165) is 48.1 Å². The lowest BCUT2D eigenvalue weighted by atomic mass is 9.97. The second kappa shape index (κ2) is 9.09. The van der Waals surface area contributed by atoms with Gasteiger partial charge >= 0.3 is 0 Å². The topological polar surface area (TPSA) is 64.0 Å². The Labute approximate surface area is 190 Å². The van der Waals surface area contributed by atoms with Crippen LogP contribution in [0.4, 0.5) is 0 Å². The smallest absolute Gasteiger partial charge is 0.263 e. The Bertz CT molecular complexity index is 1310. The molecule has 162 valence electrons. The lowest BCUT2D eigenvalue weighted by molar-refractivity contribution is -0.121. The van der Waals surface area contributed by atoms with Gasteiger partial charge in [-0.05, 0) is 43.2 Å². The summed E-state index contributed by atoms with van der Waals surface area (Å²) in [6.07, 6.45) is 4.93. The molecule has 2 heterocycles. The zero-order valence-electron chi connectivity index (χ0n) is 17.8. The minimum absolute atomic E-state index is 0.0363. The average Bonchev–Trinajstić information content (AvgIpc) is 3.21. The summed E-state index contributed by atoms with van der Waals surface area (Å²) in [5.74, 6) is 0.380. The zero-order chi connectivity index (χ0) is 21.9. The first kappa shape index (κ1) is 20.6. The third-order valence-electron chi connectivity index (χ3n) is 5.99. The van der Waals surface area contributed by atoms with Crippen LogP contribution in [0.2, 0.25) is 0 Å². The maximum atomic E-state index is 13.6. The van der Waals surface area contributed by atoms with Gasteiger partial charge in [0.1, 0.15) is 17.2 Å². The van der Waals surface area contributed by atoms with Crippen molar-refractivity contribution in [3.63, 3.8) is 0 Å². The van der Waals surface area contributed by atoms with Crippen molar-refractivity contribution in [1.82, 2.24) is 14.9 Å². The van der Waals surface area contributed by atoms with Gasteiger partial charge in [0.2, 0.25) is 5.91 Å². The molecule has 0 saturated heterocycles. The monoisotopic (exact) mass is 443 g/mol. The quantitative estimate of drug-likeness (QED) is 0.482. The Balaban J connectivity index is 1.48. The molecule has 0 spiro atoms. The van der Waals surface area contributed by atoms with E-state index in [-0.39, 0.29) is 18.0 Å². The summed E-state index contributed by atoms with van der Waals surface area (Å²) in [6.45, 7) is 0.493. The van der Waals surface area contributed by atoms with Crippen LogP contribution in [0, 0.1) is 0 Å². The molecule has 6 heteroatoms.